The lowest BCUT2D eigenvalue weighted by Crippen LogP contribution is -2.17. The fourth-order valence-electron chi connectivity index (χ4n) is 2.28. The zero-order valence-corrected chi connectivity index (χ0v) is 11.9. The average molecular weight is 292 g/mol. The minimum absolute atomic E-state index is 0.202. The van der Waals surface area contributed by atoms with Gasteiger partial charge in [0, 0.05) is 24.7 Å². The molecule has 5 heteroatoms. The second kappa shape index (κ2) is 6.32. The number of pyridine rings is 1. The van der Waals surface area contributed by atoms with Crippen LogP contribution >= 0.6 is 0 Å². The maximum Gasteiger partial charge on any atom is 0.251 e. The highest BCUT2D eigenvalue weighted by molar-refractivity contribution is 5.48. The smallest absolute Gasteiger partial charge is 0.251 e. The van der Waals surface area contributed by atoms with Crippen LogP contribution in [-0.2, 0) is 6.42 Å². The molecule has 1 aromatic carbocycles. The Balaban J connectivity index is 1.89. The van der Waals surface area contributed by atoms with Crippen molar-refractivity contribution in [1.29, 1.82) is 0 Å². The van der Waals surface area contributed by atoms with Gasteiger partial charge in [0.25, 0.3) is 5.56 Å². The summed E-state index contributed by atoms with van der Waals surface area (Å²) in [7, 11) is 0. The van der Waals surface area contributed by atoms with Gasteiger partial charge in [-0.1, -0.05) is 36.4 Å². The van der Waals surface area contributed by atoms with Crippen LogP contribution in [0.25, 0.3) is 11.5 Å². The summed E-state index contributed by atoms with van der Waals surface area (Å²) < 4.78 is 0. The third-order valence-corrected chi connectivity index (χ3v) is 3.36. The molecule has 0 amide bonds. The van der Waals surface area contributed by atoms with Gasteiger partial charge in [0.1, 0.15) is 5.69 Å². The van der Waals surface area contributed by atoms with E-state index in [0.717, 1.165) is 5.56 Å². The molecule has 2 aromatic heterocycles. The Morgan fingerprint density at radius 1 is 1.09 bits per heavy atom. The summed E-state index contributed by atoms with van der Waals surface area (Å²) in [6.07, 6.45) is 2.16. The summed E-state index contributed by atoms with van der Waals surface area (Å²) in [5, 5.41) is 0. The Hall–Kier alpha value is -2.79. The first kappa shape index (κ1) is 14.2. The van der Waals surface area contributed by atoms with Gasteiger partial charge in [-0.3, -0.25) is 9.78 Å². The Morgan fingerprint density at radius 2 is 1.86 bits per heavy atom. The molecule has 0 fully saturated rings. The summed E-state index contributed by atoms with van der Waals surface area (Å²) in [5.74, 6) is 0.461. The second-order valence-corrected chi connectivity index (χ2v) is 5.02. The van der Waals surface area contributed by atoms with E-state index in [9.17, 15) is 4.79 Å². The van der Waals surface area contributed by atoms with E-state index >= 15 is 0 Å². The fraction of sp³-hybridized carbons (Fsp3) is 0.118. The van der Waals surface area contributed by atoms with Crippen molar-refractivity contribution in [3.05, 3.63) is 82.4 Å². The van der Waals surface area contributed by atoms with Gasteiger partial charge in [-0.25, -0.2) is 4.98 Å². The standard InChI is InChI=1S/C17H16N4O/c18-14(12-6-2-1-3-7-12)10-13-11-16(22)21-17(20-13)15-8-4-5-9-19-15/h1-9,11,14H,10,18H2,(H,20,21,22). The Morgan fingerprint density at radius 3 is 2.59 bits per heavy atom. The lowest BCUT2D eigenvalue weighted by molar-refractivity contribution is 0.704. The molecule has 0 saturated carbocycles. The predicted octanol–water partition coefficient (Wildman–Crippen LogP) is 2.07. The molecule has 5 nitrogen and oxygen atoms in total. The van der Waals surface area contributed by atoms with Crippen molar-refractivity contribution in [1.82, 2.24) is 15.0 Å². The van der Waals surface area contributed by atoms with Crippen molar-refractivity contribution in [3.8, 4) is 11.5 Å². The number of hydrogen-bond donors (Lipinski definition) is 2. The summed E-state index contributed by atoms with van der Waals surface area (Å²) in [4.78, 5) is 23.2. The number of rotatable bonds is 4. The van der Waals surface area contributed by atoms with E-state index in [1.54, 1.807) is 12.3 Å². The van der Waals surface area contributed by atoms with Crippen LogP contribution in [0.15, 0.2) is 65.6 Å². The molecule has 0 spiro atoms. The zero-order chi connectivity index (χ0) is 15.4. The van der Waals surface area contributed by atoms with Crippen molar-refractivity contribution in [2.24, 2.45) is 5.73 Å². The molecule has 110 valence electrons. The first-order valence-corrected chi connectivity index (χ1v) is 7.04. The van der Waals surface area contributed by atoms with Crippen molar-refractivity contribution >= 4 is 0 Å². The summed E-state index contributed by atoms with van der Waals surface area (Å²) in [6, 6.07) is 16.5. The highest BCUT2D eigenvalue weighted by atomic mass is 16.1. The number of hydrogen-bond acceptors (Lipinski definition) is 4. The SMILES string of the molecule is NC(Cc1cc(=O)[nH]c(-c2ccccn2)n1)c1ccccc1. The Labute approximate surface area is 127 Å². The number of nitrogens with zero attached hydrogens (tertiary/aromatic N) is 2. The van der Waals surface area contributed by atoms with E-state index < -0.39 is 0 Å². The van der Waals surface area contributed by atoms with Crippen LogP contribution in [0.3, 0.4) is 0 Å². The van der Waals surface area contributed by atoms with Crippen LogP contribution in [0.5, 0.6) is 0 Å². The van der Waals surface area contributed by atoms with Gasteiger partial charge in [0.05, 0.1) is 5.69 Å². The molecule has 3 rings (SSSR count). The maximum atomic E-state index is 11.8. The largest absolute Gasteiger partial charge is 0.324 e. The number of aromatic nitrogens is 3. The molecular weight excluding hydrogens is 276 g/mol. The third kappa shape index (κ3) is 3.27. The van der Waals surface area contributed by atoms with Crippen molar-refractivity contribution < 1.29 is 0 Å². The van der Waals surface area contributed by atoms with Crippen LogP contribution < -0.4 is 11.3 Å². The van der Waals surface area contributed by atoms with E-state index in [4.69, 9.17) is 5.73 Å². The van der Waals surface area contributed by atoms with E-state index in [1.807, 2.05) is 42.5 Å². The van der Waals surface area contributed by atoms with Crippen LogP contribution in [0, 0.1) is 0 Å². The van der Waals surface area contributed by atoms with Gasteiger partial charge >= 0.3 is 0 Å². The first-order valence-electron chi connectivity index (χ1n) is 7.04. The van der Waals surface area contributed by atoms with Gasteiger partial charge in [-0.05, 0) is 17.7 Å². The quantitative estimate of drug-likeness (QED) is 0.771. The number of aromatic amines is 1. The molecule has 1 atom stereocenters. The second-order valence-electron chi connectivity index (χ2n) is 5.02. The van der Waals surface area contributed by atoms with E-state index in [-0.39, 0.29) is 11.6 Å². The summed E-state index contributed by atoms with van der Waals surface area (Å²) in [6.45, 7) is 0. The minimum Gasteiger partial charge on any atom is -0.324 e. The van der Waals surface area contributed by atoms with Crippen molar-refractivity contribution in [2.75, 3.05) is 0 Å². The molecule has 1 unspecified atom stereocenters. The van der Waals surface area contributed by atoms with Gasteiger partial charge < -0.3 is 10.7 Å². The molecule has 22 heavy (non-hydrogen) atoms. The summed E-state index contributed by atoms with van der Waals surface area (Å²) >= 11 is 0. The first-order chi connectivity index (χ1) is 10.7. The molecule has 0 radical (unpaired) electrons. The van der Waals surface area contributed by atoms with E-state index in [1.165, 1.54) is 6.07 Å². The molecule has 0 aliphatic carbocycles. The monoisotopic (exact) mass is 292 g/mol. The van der Waals surface area contributed by atoms with E-state index in [0.29, 0.717) is 23.6 Å². The van der Waals surface area contributed by atoms with Crippen LogP contribution in [0.1, 0.15) is 17.3 Å². The molecule has 0 aliphatic rings. The predicted molar refractivity (Wildman–Crippen MR) is 85.2 cm³/mol. The Kier molecular flexibility index (Phi) is 4.07. The molecule has 0 saturated heterocycles. The highest BCUT2D eigenvalue weighted by Crippen LogP contribution is 2.15. The number of nitrogens with two attached hydrogens (primary N) is 1. The topological polar surface area (TPSA) is 84.7 Å². The lowest BCUT2D eigenvalue weighted by atomic mass is 10.0. The minimum atomic E-state index is -0.203. The number of nitrogens with one attached hydrogen (secondary N) is 1. The normalized spacial score (nSPS) is 12.0. The van der Waals surface area contributed by atoms with Crippen LogP contribution in [0.4, 0.5) is 0 Å². The Bertz CT molecular complexity index is 800. The highest BCUT2D eigenvalue weighted by Gasteiger charge is 2.10. The van der Waals surface area contributed by atoms with Crippen molar-refractivity contribution in [2.45, 2.75) is 12.5 Å². The number of H-pyrrole nitrogens is 1. The fourth-order valence-corrected chi connectivity index (χ4v) is 2.28. The summed E-state index contributed by atoms with van der Waals surface area (Å²) in [5.41, 5.74) is 8.30. The lowest BCUT2D eigenvalue weighted by Gasteiger charge is -2.11. The maximum absolute atomic E-state index is 11.8. The molecule has 3 N–H and O–H groups in total. The van der Waals surface area contributed by atoms with Gasteiger partial charge in [0.2, 0.25) is 0 Å². The van der Waals surface area contributed by atoms with Crippen LogP contribution in [-0.4, -0.2) is 15.0 Å². The molecule has 2 heterocycles. The van der Waals surface area contributed by atoms with Crippen LogP contribution in [0.2, 0.25) is 0 Å². The zero-order valence-electron chi connectivity index (χ0n) is 11.9. The molecule has 3 aromatic rings. The average Bonchev–Trinajstić information content (AvgIpc) is 2.56. The van der Waals surface area contributed by atoms with Crippen molar-refractivity contribution in [3.63, 3.8) is 0 Å². The van der Waals surface area contributed by atoms with Gasteiger partial charge in [0.15, 0.2) is 5.82 Å². The van der Waals surface area contributed by atoms with Gasteiger partial charge in [-0.15, -0.1) is 0 Å². The third-order valence-electron chi connectivity index (χ3n) is 3.36. The molecular formula is C17H16N4O. The number of benzene rings is 1. The molecule has 0 bridgehead atoms. The van der Waals surface area contributed by atoms with Gasteiger partial charge in [-0.2, -0.15) is 0 Å². The molecule has 0 aliphatic heterocycles. The van der Waals surface area contributed by atoms with E-state index in [2.05, 4.69) is 15.0 Å².